The largest absolute Gasteiger partial charge is 0.368 e. The number of rotatable bonds is 4. The van der Waals surface area contributed by atoms with E-state index in [-0.39, 0.29) is 22.7 Å². The fraction of sp³-hybridized carbons (Fsp3) is 0.269. The van der Waals surface area contributed by atoms with Crippen LogP contribution in [0.4, 0.5) is 15.8 Å². The van der Waals surface area contributed by atoms with Crippen LogP contribution in [0.1, 0.15) is 22.8 Å². The molecule has 1 amide bonds. The van der Waals surface area contributed by atoms with E-state index in [1.807, 2.05) is 17.9 Å². The van der Waals surface area contributed by atoms with E-state index in [0.717, 1.165) is 11.3 Å². The molecule has 0 aliphatic carbocycles. The molecule has 34 heavy (non-hydrogen) atoms. The monoisotopic (exact) mass is 479 g/mol. The summed E-state index contributed by atoms with van der Waals surface area (Å²) in [6.07, 6.45) is 0.556. The molecule has 1 fully saturated rings. The van der Waals surface area contributed by atoms with Gasteiger partial charge in [0.25, 0.3) is 15.9 Å². The standard InChI is InChI=1S/C26H26FN3O3S/c1-19-17-21-18-20(7-12-25(21)30(19)34(32,33)24-5-3-2-4-6-24)26(31)29-15-13-28(14-16-29)23-10-8-22(27)9-11-23/h2-12,18-19H,13-17H2,1H3/t19-/m1/s1. The first-order valence-corrected chi connectivity index (χ1v) is 12.8. The lowest BCUT2D eigenvalue weighted by Gasteiger charge is -2.36. The number of fused-ring (bicyclic) bond motifs is 1. The Labute approximate surface area is 199 Å². The molecule has 6 nitrogen and oxygen atoms in total. The molecule has 0 saturated carbocycles. The van der Waals surface area contributed by atoms with E-state index in [1.165, 1.54) is 16.4 Å². The number of sulfonamides is 1. The van der Waals surface area contributed by atoms with E-state index < -0.39 is 10.0 Å². The Hall–Kier alpha value is -3.39. The smallest absolute Gasteiger partial charge is 0.264 e. The Kier molecular flexibility index (Phi) is 5.77. The summed E-state index contributed by atoms with van der Waals surface area (Å²) >= 11 is 0. The van der Waals surface area contributed by atoms with Crippen LogP contribution in [0.2, 0.25) is 0 Å². The van der Waals surface area contributed by atoms with Gasteiger partial charge in [-0.05, 0) is 73.5 Å². The molecule has 8 heteroatoms. The van der Waals surface area contributed by atoms with E-state index in [9.17, 15) is 17.6 Å². The van der Waals surface area contributed by atoms with Crippen LogP contribution in [0.3, 0.4) is 0 Å². The van der Waals surface area contributed by atoms with Gasteiger partial charge in [0.05, 0.1) is 10.6 Å². The first-order chi connectivity index (χ1) is 16.3. The van der Waals surface area contributed by atoms with Crippen molar-refractivity contribution in [2.24, 2.45) is 0 Å². The first-order valence-electron chi connectivity index (χ1n) is 11.4. The zero-order chi connectivity index (χ0) is 23.9. The lowest BCUT2D eigenvalue weighted by Crippen LogP contribution is -2.48. The number of anilines is 2. The van der Waals surface area contributed by atoms with E-state index >= 15 is 0 Å². The quantitative estimate of drug-likeness (QED) is 0.569. The third kappa shape index (κ3) is 4.03. The summed E-state index contributed by atoms with van der Waals surface area (Å²) < 4.78 is 41.2. The summed E-state index contributed by atoms with van der Waals surface area (Å²) in [5.41, 5.74) is 3.01. The molecule has 3 aromatic rings. The molecule has 1 atom stereocenters. The van der Waals surface area contributed by atoms with Gasteiger partial charge in [-0.25, -0.2) is 12.8 Å². The summed E-state index contributed by atoms with van der Waals surface area (Å²) in [4.78, 5) is 17.4. The molecule has 2 aliphatic rings. The Morgan fingerprint density at radius 1 is 0.912 bits per heavy atom. The van der Waals surface area contributed by atoms with Crippen LogP contribution in [-0.4, -0.2) is 51.4 Å². The molecule has 3 aromatic carbocycles. The summed E-state index contributed by atoms with van der Waals surface area (Å²) in [7, 11) is -3.68. The fourth-order valence-electron chi connectivity index (χ4n) is 4.81. The maximum atomic E-state index is 13.3. The molecule has 2 heterocycles. The van der Waals surface area contributed by atoms with Gasteiger partial charge in [0.1, 0.15) is 5.82 Å². The number of benzene rings is 3. The minimum absolute atomic E-state index is 0.0569. The van der Waals surface area contributed by atoms with Crippen molar-refractivity contribution in [3.8, 4) is 0 Å². The van der Waals surface area contributed by atoms with Crippen LogP contribution >= 0.6 is 0 Å². The maximum absolute atomic E-state index is 13.3. The summed E-state index contributed by atoms with van der Waals surface area (Å²) in [6.45, 7) is 4.36. The molecule has 0 aromatic heterocycles. The molecule has 1 saturated heterocycles. The van der Waals surface area contributed by atoms with Gasteiger partial charge in [-0.1, -0.05) is 18.2 Å². The van der Waals surface area contributed by atoms with Crippen LogP contribution in [-0.2, 0) is 16.4 Å². The zero-order valence-electron chi connectivity index (χ0n) is 18.9. The van der Waals surface area contributed by atoms with Gasteiger partial charge in [0.2, 0.25) is 0 Å². The summed E-state index contributed by atoms with van der Waals surface area (Å²) in [5.74, 6) is -0.322. The molecule has 0 bridgehead atoms. The second-order valence-corrected chi connectivity index (χ2v) is 10.6. The molecule has 2 aliphatic heterocycles. The third-order valence-corrected chi connectivity index (χ3v) is 8.48. The highest BCUT2D eigenvalue weighted by atomic mass is 32.2. The van der Waals surface area contributed by atoms with E-state index in [4.69, 9.17) is 0 Å². The van der Waals surface area contributed by atoms with E-state index in [1.54, 1.807) is 54.6 Å². The topological polar surface area (TPSA) is 60.9 Å². The Bertz CT molecular complexity index is 1300. The van der Waals surface area contributed by atoms with Crippen molar-refractivity contribution in [1.29, 1.82) is 0 Å². The lowest BCUT2D eigenvalue weighted by atomic mass is 10.1. The predicted octanol–water partition coefficient (Wildman–Crippen LogP) is 3.93. The number of hydrogen-bond donors (Lipinski definition) is 0. The molecule has 5 rings (SSSR count). The van der Waals surface area contributed by atoms with Crippen LogP contribution in [0, 0.1) is 5.82 Å². The fourth-order valence-corrected chi connectivity index (χ4v) is 6.52. The SMILES string of the molecule is C[C@@H]1Cc2cc(C(=O)N3CCN(c4ccc(F)cc4)CC3)ccc2N1S(=O)(=O)c1ccccc1. The minimum Gasteiger partial charge on any atom is -0.368 e. The van der Waals surface area contributed by atoms with Crippen LogP contribution < -0.4 is 9.21 Å². The first kappa shape index (κ1) is 22.4. The number of carbonyl (C=O) groups is 1. The van der Waals surface area contributed by atoms with Gasteiger partial charge < -0.3 is 9.80 Å². The predicted molar refractivity (Wildman–Crippen MR) is 130 cm³/mol. The molecular formula is C26H26FN3O3S. The number of hydrogen-bond acceptors (Lipinski definition) is 4. The zero-order valence-corrected chi connectivity index (χ0v) is 19.7. The molecule has 176 valence electrons. The highest BCUT2D eigenvalue weighted by Gasteiger charge is 2.36. The van der Waals surface area contributed by atoms with Gasteiger partial charge in [0, 0.05) is 43.5 Å². The number of amides is 1. The number of nitrogens with zero attached hydrogens (tertiary/aromatic N) is 3. The second kappa shape index (κ2) is 8.76. The van der Waals surface area contributed by atoms with Crippen molar-refractivity contribution >= 4 is 27.3 Å². The Morgan fingerprint density at radius 2 is 1.59 bits per heavy atom. The average molecular weight is 480 g/mol. The normalized spacial score (nSPS) is 18.2. The Morgan fingerprint density at radius 3 is 2.26 bits per heavy atom. The van der Waals surface area contributed by atoms with Gasteiger partial charge in [0.15, 0.2) is 0 Å². The van der Waals surface area contributed by atoms with Crippen molar-refractivity contribution in [3.63, 3.8) is 0 Å². The summed E-state index contributed by atoms with van der Waals surface area (Å²) in [5, 5.41) is 0. The van der Waals surface area contributed by atoms with Crippen molar-refractivity contribution in [3.05, 3.63) is 89.7 Å². The van der Waals surface area contributed by atoms with Crippen molar-refractivity contribution < 1.29 is 17.6 Å². The number of piperazine rings is 1. The second-order valence-electron chi connectivity index (χ2n) is 8.77. The molecular weight excluding hydrogens is 453 g/mol. The van der Waals surface area contributed by atoms with Gasteiger partial charge >= 0.3 is 0 Å². The van der Waals surface area contributed by atoms with Crippen molar-refractivity contribution in [1.82, 2.24) is 4.90 Å². The lowest BCUT2D eigenvalue weighted by molar-refractivity contribution is 0.0746. The molecule has 0 spiro atoms. The molecule has 0 unspecified atom stereocenters. The van der Waals surface area contributed by atoms with Crippen molar-refractivity contribution in [2.45, 2.75) is 24.3 Å². The summed E-state index contributed by atoms with van der Waals surface area (Å²) in [6, 6.07) is 19.9. The Balaban J connectivity index is 1.32. The third-order valence-electron chi connectivity index (χ3n) is 6.54. The number of halogens is 1. The number of carbonyl (C=O) groups excluding carboxylic acids is 1. The van der Waals surface area contributed by atoms with Crippen LogP contribution in [0.25, 0.3) is 0 Å². The van der Waals surface area contributed by atoms with Crippen molar-refractivity contribution in [2.75, 3.05) is 35.4 Å². The minimum atomic E-state index is -3.68. The molecule has 0 N–H and O–H groups in total. The van der Waals surface area contributed by atoms with Gasteiger partial charge in [-0.15, -0.1) is 0 Å². The maximum Gasteiger partial charge on any atom is 0.264 e. The van der Waals surface area contributed by atoms with E-state index in [2.05, 4.69) is 4.90 Å². The average Bonchev–Trinajstić information content (AvgIpc) is 3.20. The highest BCUT2D eigenvalue weighted by Crippen LogP contribution is 2.37. The van der Waals surface area contributed by atoms with Crippen LogP contribution in [0.5, 0.6) is 0 Å². The highest BCUT2D eigenvalue weighted by molar-refractivity contribution is 7.92. The van der Waals surface area contributed by atoms with Gasteiger partial charge in [-0.2, -0.15) is 0 Å². The van der Waals surface area contributed by atoms with E-state index in [0.29, 0.717) is 43.9 Å². The van der Waals surface area contributed by atoms with Crippen LogP contribution in [0.15, 0.2) is 77.7 Å². The van der Waals surface area contributed by atoms with Gasteiger partial charge in [-0.3, -0.25) is 9.10 Å². The molecule has 0 radical (unpaired) electrons.